The van der Waals surface area contributed by atoms with Crippen LogP contribution in [0.15, 0.2) is 66.7 Å². The van der Waals surface area contributed by atoms with E-state index in [4.69, 9.17) is 9.72 Å². The van der Waals surface area contributed by atoms with Crippen LogP contribution in [0.3, 0.4) is 0 Å². The molecule has 0 unspecified atom stereocenters. The minimum absolute atomic E-state index is 0.0847. The van der Waals surface area contributed by atoms with Gasteiger partial charge in [-0.2, -0.15) is 0 Å². The van der Waals surface area contributed by atoms with Gasteiger partial charge in [-0.05, 0) is 48.7 Å². The van der Waals surface area contributed by atoms with Crippen molar-refractivity contribution in [1.29, 1.82) is 0 Å². The summed E-state index contributed by atoms with van der Waals surface area (Å²) < 4.78 is 18.6. The maximum Gasteiger partial charge on any atom is 0.227 e. The molecule has 0 aliphatic carbocycles. The normalized spacial score (nSPS) is 16.2. The van der Waals surface area contributed by atoms with Crippen LogP contribution in [0.25, 0.3) is 0 Å². The zero-order valence-corrected chi connectivity index (χ0v) is 17.8. The molecule has 0 spiro atoms. The molecule has 1 aliphatic heterocycles. The predicted octanol–water partition coefficient (Wildman–Crippen LogP) is 4.77. The molecule has 1 atom stereocenters. The largest absolute Gasteiger partial charge is 0.496 e. The smallest absolute Gasteiger partial charge is 0.227 e. The molecule has 2 heterocycles. The van der Waals surface area contributed by atoms with Gasteiger partial charge in [0.1, 0.15) is 11.6 Å². The maximum atomic E-state index is 13.1. The molecule has 160 valence electrons. The highest BCUT2D eigenvalue weighted by atomic mass is 19.1. The van der Waals surface area contributed by atoms with E-state index < -0.39 is 0 Å². The number of para-hydroxylation sites is 1. The summed E-state index contributed by atoms with van der Waals surface area (Å²) >= 11 is 0. The van der Waals surface area contributed by atoms with Crippen LogP contribution in [-0.4, -0.2) is 36.0 Å². The summed E-state index contributed by atoms with van der Waals surface area (Å²) in [5.74, 6) is 0.892. The number of hydrogen-bond acceptors (Lipinski definition) is 3. The standard InChI is InChI=1S/C26H27FN2O2/c1-31-25-10-3-2-6-20(25)17-23-8-4-9-24(28-23)21-7-5-15-29(18-21)26(30)16-19-11-13-22(27)14-12-19/h2-4,6,8-14,21H,5,7,15-18H2,1H3/t21-/m1/s1. The zero-order chi connectivity index (χ0) is 21.6. The van der Waals surface area contributed by atoms with Crippen molar-refractivity contribution in [2.24, 2.45) is 0 Å². The number of benzene rings is 2. The van der Waals surface area contributed by atoms with Gasteiger partial charge in [0.25, 0.3) is 0 Å². The van der Waals surface area contributed by atoms with Crippen LogP contribution in [0.2, 0.25) is 0 Å². The van der Waals surface area contributed by atoms with Crippen molar-refractivity contribution < 1.29 is 13.9 Å². The number of carbonyl (C=O) groups excluding carboxylic acids is 1. The lowest BCUT2D eigenvalue weighted by Crippen LogP contribution is -2.40. The molecule has 1 saturated heterocycles. The summed E-state index contributed by atoms with van der Waals surface area (Å²) in [6.07, 6.45) is 2.98. The first kappa shape index (κ1) is 21.0. The number of pyridine rings is 1. The average Bonchev–Trinajstić information content (AvgIpc) is 2.81. The molecular weight excluding hydrogens is 391 g/mol. The number of hydrogen-bond donors (Lipinski definition) is 0. The second kappa shape index (κ2) is 9.73. The van der Waals surface area contributed by atoms with Crippen LogP contribution >= 0.6 is 0 Å². The third-order valence-electron chi connectivity index (χ3n) is 5.85. The van der Waals surface area contributed by atoms with Gasteiger partial charge in [-0.1, -0.05) is 36.4 Å². The molecule has 0 bridgehead atoms. The van der Waals surface area contributed by atoms with Gasteiger partial charge in [0.05, 0.1) is 13.5 Å². The molecule has 31 heavy (non-hydrogen) atoms. The van der Waals surface area contributed by atoms with Crippen molar-refractivity contribution in [3.05, 3.63) is 95.1 Å². The van der Waals surface area contributed by atoms with E-state index in [1.54, 1.807) is 19.2 Å². The van der Waals surface area contributed by atoms with Gasteiger partial charge in [-0.3, -0.25) is 9.78 Å². The number of amides is 1. The highest BCUT2D eigenvalue weighted by molar-refractivity contribution is 5.79. The molecular formula is C26H27FN2O2. The molecule has 1 fully saturated rings. The Hall–Kier alpha value is -3.21. The lowest BCUT2D eigenvalue weighted by molar-refractivity contribution is -0.131. The molecule has 2 aromatic carbocycles. The topological polar surface area (TPSA) is 42.4 Å². The second-order valence-electron chi connectivity index (χ2n) is 8.02. The molecule has 5 heteroatoms. The van der Waals surface area contributed by atoms with Gasteiger partial charge in [0, 0.05) is 42.4 Å². The summed E-state index contributed by atoms with van der Waals surface area (Å²) in [5.41, 5.74) is 3.98. The predicted molar refractivity (Wildman–Crippen MR) is 119 cm³/mol. The van der Waals surface area contributed by atoms with Crippen LogP contribution in [0.5, 0.6) is 5.75 Å². The Morgan fingerprint density at radius 1 is 1.10 bits per heavy atom. The third kappa shape index (κ3) is 5.29. The monoisotopic (exact) mass is 418 g/mol. The quantitative estimate of drug-likeness (QED) is 0.579. The first-order valence-corrected chi connectivity index (χ1v) is 10.7. The van der Waals surface area contributed by atoms with Crippen molar-refractivity contribution in [2.75, 3.05) is 20.2 Å². The van der Waals surface area contributed by atoms with Crippen LogP contribution in [-0.2, 0) is 17.6 Å². The first-order valence-electron chi connectivity index (χ1n) is 10.7. The number of methoxy groups -OCH3 is 1. The molecule has 1 aromatic heterocycles. The summed E-state index contributed by atoms with van der Waals surface area (Å²) in [7, 11) is 1.68. The SMILES string of the molecule is COc1ccccc1Cc1cccc([C@@H]2CCCN(C(=O)Cc3ccc(F)cc3)C2)n1. The average molecular weight is 419 g/mol. The Balaban J connectivity index is 1.44. The van der Waals surface area contributed by atoms with E-state index in [1.165, 1.54) is 12.1 Å². The van der Waals surface area contributed by atoms with E-state index in [0.29, 0.717) is 19.4 Å². The molecule has 0 N–H and O–H groups in total. The van der Waals surface area contributed by atoms with Gasteiger partial charge in [-0.15, -0.1) is 0 Å². The van der Waals surface area contributed by atoms with E-state index in [-0.39, 0.29) is 17.6 Å². The highest BCUT2D eigenvalue weighted by Crippen LogP contribution is 2.27. The lowest BCUT2D eigenvalue weighted by Gasteiger charge is -2.32. The van der Waals surface area contributed by atoms with E-state index in [9.17, 15) is 9.18 Å². The molecule has 1 aliphatic rings. The van der Waals surface area contributed by atoms with Crippen LogP contribution < -0.4 is 4.74 Å². The second-order valence-corrected chi connectivity index (χ2v) is 8.02. The van der Waals surface area contributed by atoms with Crippen molar-refractivity contribution in [3.63, 3.8) is 0 Å². The number of aromatic nitrogens is 1. The Labute approximate surface area is 182 Å². The minimum Gasteiger partial charge on any atom is -0.496 e. The summed E-state index contributed by atoms with van der Waals surface area (Å²) in [6.45, 7) is 1.43. The van der Waals surface area contributed by atoms with Crippen LogP contribution in [0.1, 0.15) is 41.3 Å². The van der Waals surface area contributed by atoms with Crippen molar-refractivity contribution in [1.82, 2.24) is 9.88 Å². The Bertz CT molecular complexity index is 1040. The summed E-state index contributed by atoms with van der Waals surface area (Å²) in [4.78, 5) is 19.6. The minimum atomic E-state index is -0.284. The summed E-state index contributed by atoms with van der Waals surface area (Å²) in [6, 6.07) is 20.3. The number of rotatable bonds is 6. The van der Waals surface area contributed by atoms with Crippen LogP contribution in [0.4, 0.5) is 4.39 Å². The van der Waals surface area contributed by atoms with Crippen molar-refractivity contribution in [3.8, 4) is 5.75 Å². The molecule has 4 rings (SSSR count). The fraction of sp³-hybridized carbons (Fsp3) is 0.308. The van der Waals surface area contributed by atoms with Crippen molar-refractivity contribution in [2.45, 2.75) is 31.6 Å². The first-order chi connectivity index (χ1) is 15.1. The Kier molecular flexibility index (Phi) is 6.60. The Morgan fingerprint density at radius 2 is 1.90 bits per heavy atom. The fourth-order valence-electron chi connectivity index (χ4n) is 4.20. The van der Waals surface area contributed by atoms with Crippen molar-refractivity contribution >= 4 is 5.91 Å². The molecule has 0 saturated carbocycles. The third-order valence-corrected chi connectivity index (χ3v) is 5.85. The lowest BCUT2D eigenvalue weighted by atomic mass is 9.93. The van der Waals surface area contributed by atoms with Gasteiger partial charge in [-0.25, -0.2) is 4.39 Å². The number of ether oxygens (including phenoxy) is 1. The highest BCUT2D eigenvalue weighted by Gasteiger charge is 2.25. The van der Waals surface area contributed by atoms with Gasteiger partial charge < -0.3 is 9.64 Å². The number of carbonyl (C=O) groups is 1. The molecule has 1 amide bonds. The molecule has 0 radical (unpaired) electrons. The van der Waals surface area contributed by atoms with E-state index >= 15 is 0 Å². The molecule has 3 aromatic rings. The van der Waals surface area contributed by atoms with Gasteiger partial charge >= 0.3 is 0 Å². The Morgan fingerprint density at radius 3 is 2.71 bits per heavy atom. The number of likely N-dealkylation sites (tertiary alicyclic amines) is 1. The zero-order valence-electron chi connectivity index (χ0n) is 17.8. The van der Waals surface area contributed by atoms with E-state index in [2.05, 4.69) is 12.1 Å². The van der Waals surface area contributed by atoms with E-state index in [1.807, 2.05) is 35.2 Å². The van der Waals surface area contributed by atoms with Gasteiger partial charge in [0.2, 0.25) is 5.91 Å². The number of piperidine rings is 1. The van der Waals surface area contributed by atoms with Gasteiger partial charge in [0.15, 0.2) is 0 Å². The summed E-state index contributed by atoms with van der Waals surface area (Å²) in [5, 5.41) is 0. The maximum absolute atomic E-state index is 13.1. The van der Waals surface area contributed by atoms with Crippen LogP contribution in [0, 0.1) is 5.82 Å². The number of nitrogens with zero attached hydrogens (tertiary/aromatic N) is 2. The fourth-order valence-corrected chi connectivity index (χ4v) is 4.20. The molecule has 4 nitrogen and oxygen atoms in total. The van der Waals surface area contributed by atoms with E-state index in [0.717, 1.165) is 47.7 Å². The number of halogens is 1.